The lowest BCUT2D eigenvalue weighted by Gasteiger charge is -2.14. The lowest BCUT2D eigenvalue weighted by atomic mass is 9.91. The Balaban J connectivity index is 1.04. The second kappa shape index (κ2) is 15.1. The van der Waals surface area contributed by atoms with Gasteiger partial charge >= 0.3 is 0 Å². The van der Waals surface area contributed by atoms with E-state index in [1.54, 1.807) is 0 Å². The maximum absolute atomic E-state index is 2.45. The molecular weight excluding hydrogens is 725 g/mol. The Bertz CT molecular complexity index is 3310. The van der Waals surface area contributed by atoms with Crippen molar-refractivity contribution in [3.05, 3.63) is 218 Å². The van der Waals surface area contributed by atoms with Gasteiger partial charge in [0.05, 0.1) is 22.1 Å². The third-order valence-electron chi connectivity index (χ3n) is 12.3. The maximum Gasteiger partial charge on any atom is 0.0548 e. The minimum atomic E-state index is 1.10. The Morgan fingerprint density at radius 3 is 1.25 bits per heavy atom. The van der Waals surface area contributed by atoms with Gasteiger partial charge in [0.25, 0.3) is 0 Å². The molecule has 0 bridgehead atoms. The van der Waals surface area contributed by atoms with Crippen LogP contribution in [0, 0.1) is 0 Å². The number of fused-ring (bicyclic) bond motifs is 7. The van der Waals surface area contributed by atoms with Crippen LogP contribution < -0.4 is 0 Å². The first-order chi connectivity index (χ1) is 29.7. The Kier molecular flexibility index (Phi) is 8.97. The van der Waals surface area contributed by atoms with E-state index < -0.39 is 0 Å². The molecule has 2 heterocycles. The van der Waals surface area contributed by atoms with E-state index >= 15 is 0 Å². The van der Waals surface area contributed by atoms with Crippen molar-refractivity contribution in [3.63, 3.8) is 0 Å². The van der Waals surface area contributed by atoms with Crippen LogP contribution in [-0.2, 0) is 6.42 Å². The molecule has 0 amide bonds. The number of benzene rings is 9. The van der Waals surface area contributed by atoms with Gasteiger partial charge in [0, 0.05) is 32.9 Å². The van der Waals surface area contributed by atoms with Gasteiger partial charge in [-0.05, 0) is 111 Å². The molecule has 60 heavy (non-hydrogen) atoms. The summed E-state index contributed by atoms with van der Waals surface area (Å²) in [6, 6.07) is 78.0. The fraction of sp³-hybridized carbons (Fsp3) is 0.0690. The predicted octanol–water partition coefficient (Wildman–Crippen LogP) is 15.9. The van der Waals surface area contributed by atoms with Crippen LogP contribution in [0.3, 0.4) is 0 Å². The van der Waals surface area contributed by atoms with Crippen molar-refractivity contribution in [2.24, 2.45) is 0 Å². The highest BCUT2D eigenvalue weighted by Crippen LogP contribution is 2.43. The first-order valence-corrected chi connectivity index (χ1v) is 21.2. The van der Waals surface area contributed by atoms with Crippen molar-refractivity contribution < 1.29 is 0 Å². The molecule has 0 radical (unpaired) electrons. The van der Waals surface area contributed by atoms with E-state index in [9.17, 15) is 0 Å². The fourth-order valence-electron chi connectivity index (χ4n) is 9.50. The van der Waals surface area contributed by atoms with Crippen LogP contribution in [0.4, 0.5) is 0 Å². The molecule has 0 unspecified atom stereocenters. The van der Waals surface area contributed by atoms with E-state index in [4.69, 9.17) is 0 Å². The summed E-state index contributed by atoms with van der Waals surface area (Å²) in [6.07, 6.45) is 3.50. The molecule has 0 spiro atoms. The van der Waals surface area contributed by atoms with Crippen molar-refractivity contribution in [2.75, 3.05) is 0 Å². The second-order valence-electron chi connectivity index (χ2n) is 15.9. The van der Waals surface area contributed by atoms with Gasteiger partial charge in [0.2, 0.25) is 0 Å². The number of rotatable bonds is 9. The molecule has 2 aromatic heterocycles. The normalized spacial score (nSPS) is 11.6. The number of hydrogen-bond acceptors (Lipinski definition) is 0. The Labute approximate surface area is 351 Å². The van der Waals surface area contributed by atoms with E-state index in [1.165, 1.54) is 107 Å². The quantitative estimate of drug-likeness (QED) is 0.138. The van der Waals surface area contributed by atoms with E-state index in [-0.39, 0.29) is 0 Å². The molecule has 0 aliphatic heterocycles. The summed E-state index contributed by atoms with van der Waals surface area (Å²) in [7, 11) is 0. The highest BCUT2D eigenvalue weighted by Gasteiger charge is 2.21. The van der Waals surface area contributed by atoms with Gasteiger partial charge < -0.3 is 9.13 Å². The van der Waals surface area contributed by atoms with Crippen molar-refractivity contribution in [1.82, 2.24) is 9.13 Å². The third-order valence-corrected chi connectivity index (χ3v) is 12.3. The highest BCUT2D eigenvalue weighted by molar-refractivity contribution is 6.28. The van der Waals surface area contributed by atoms with Crippen LogP contribution >= 0.6 is 0 Å². The molecule has 0 saturated carbocycles. The topological polar surface area (TPSA) is 9.86 Å². The number of unbranched alkanes of at least 4 members (excludes halogenated alkanes) is 1. The molecule has 2 heteroatoms. The molecule has 0 aliphatic rings. The van der Waals surface area contributed by atoms with Crippen LogP contribution in [0.1, 0.15) is 25.3 Å². The minimum Gasteiger partial charge on any atom is -0.309 e. The smallest absolute Gasteiger partial charge is 0.0548 e. The number of aromatic nitrogens is 2. The molecule has 2 nitrogen and oxygen atoms in total. The summed E-state index contributed by atoms with van der Waals surface area (Å²) in [6.45, 7) is 2.26. The number of para-hydroxylation sites is 2. The largest absolute Gasteiger partial charge is 0.309 e. The van der Waals surface area contributed by atoms with Gasteiger partial charge in [-0.3, -0.25) is 0 Å². The zero-order valence-corrected chi connectivity index (χ0v) is 33.7. The number of nitrogens with zero attached hydrogens (tertiary/aromatic N) is 2. The van der Waals surface area contributed by atoms with Crippen molar-refractivity contribution in [3.8, 4) is 55.9 Å². The molecular formula is C58H44N2. The summed E-state index contributed by atoms with van der Waals surface area (Å²) < 4.78 is 4.89. The first kappa shape index (κ1) is 35.7. The summed E-state index contributed by atoms with van der Waals surface area (Å²) in [5.41, 5.74) is 18.4. The Hall–Kier alpha value is -7.42. The van der Waals surface area contributed by atoms with Crippen LogP contribution in [0.15, 0.2) is 212 Å². The van der Waals surface area contributed by atoms with E-state index in [1.807, 2.05) is 0 Å². The van der Waals surface area contributed by atoms with Crippen LogP contribution in [-0.4, -0.2) is 9.13 Å². The molecule has 0 aliphatic carbocycles. The Morgan fingerprint density at radius 2 is 0.750 bits per heavy atom. The molecule has 11 aromatic rings. The highest BCUT2D eigenvalue weighted by atomic mass is 15.0. The summed E-state index contributed by atoms with van der Waals surface area (Å²) >= 11 is 0. The lowest BCUT2D eigenvalue weighted by Crippen LogP contribution is -1.95. The fourth-order valence-corrected chi connectivity index (χ4v) is 9.50. The zero-order valence-electron chi connectivity index (χ0n) is 33.7. The first-order valence-electron chi connectivity index (χ1n) is 21.2. The van der Waals surface area contributed by atoms with Gasteiger partial charge in [0.1, 0.15) is 0 Å². The molecule has 11 rings (SSSR count). The molecule has 0 atom stereocenters. The van der Waals surface area contributed by atoms with Crippen molar-refractivity contribution in [1.29, 1.82) is 0 Å². The van der Waals surface area contributed by atoms with Gasteiger partial charge in [-0.25, -0.2) is 0 Å². The maximum atomic E-state index is 2.45. The summed E-state index contributed by atoms with van der Waals surface area (Å²) in [5.74, 6) is 0. The standard InChI is InChI=1S/C58H44N2/c1-2-3-16-40-27-36-49(52(39-40)42-19-8-5-9-20-42)44-30-34-46(35-31-44)60-54-26-15-13-24-51(54)58-56(60)38-37-55-57(58)50-23-12-14-25-53(50)59(55)45-32-28-43(29-33-45)48-22-11-10-21-47(48)41-17-6-4-7-18-41/h4-15,17-39H,2-3,16H2,1H3. The average Bonchev–Trinajstić information content (AvgIpc) is 3.84. The van der Waals surface area contributed by atoms with E-state index in [0.717, 1.165) is 17.8 Å². The predicted molar refractivity (Wildman–Crippen MR) is 255 cm³/mol. The molecule has 9 aromatic carbocycles. The van der Waals surface area contributed by atoms with Gasteiger partial charge in [-0.15, -0.1) is 0 Å². The number of aryl methyl sites for hydroxylation is 1. The summed E-state index contributed by atoms with van der Waals surface area (Å²) in [4.78, 5) is 0. The van der Waals surface area contributed by atoms with Crippen LogP contribution in [0.2, 0.25) is 0 Å². The average molecular weight is 769 g/mol. The lowest BCUT2D eigenvalue weighted by molar-refractivity contribution is 0.795. The monoisotopic (exact) mass is 768 g/mol. The van der Waals surface area contributed by atoms with Crippen LogP contribution in [0.5, 0.6) is 0 Å². The van der Waals surface area contributed by atoms with Gasteiger partial charge in [0.15, 0.2) is 0 Å². The van der Waals surface area contributed by atoms with E-state index in [2.05, 4.69) is 228 Å². The van der Waals surface area contributed by atoms with Gasteiger partial charge in [-0.1, -0.05) is 177 Å². The molecule has 0 saturated heterocycles. The van der Waals surface area contributed by atoms with Gasteiger partial charge in [-0.2, -0.15) is 0 Å². The third kappa shape index (κ3) is 6.03. The minimum absolute atomic E-state index is 1.10. The molecule has 0 N–H and O–H groups in total. The Morgan fingerprint density at radius 1 is 0.333 bits per heavy atom. The molecule has 0 fully saturated rings. The van der Waals surface area contributed by atoms with Crippen molar-refractivity contribution in [2.45, 2.75) is 26.2 Å². The van der Waals surface area contributed by atoms with E-state index in [0.29, 0.717) is 0 Å². The van der Waals surface area contributed by atoms with Crippen LogP contribution in [0.25, 0.3) is 99.5 Å². The number of hydrogen-bond donors (Lipinski definition) is 0. The summed E-state index contributed by atoms with van der Waals surface area (Å²) in [5, 5.41) is 5.08. The zero-order chi connectivity index (χ0) is 40.0. The second-order valence-corrected chi connectivity index (χ2v) is 15.9. The SMILES string of the molecule is CCCCc1ccc(-c2ccc(-n3c4ccccc4c4c5c6ccccc6n(-c6ccc(-c7ccccc7-c7ccccc7)cc6)c5ccc43)cc2)c(-c2ccccc2)c1. The molecule has 286 valence electrons. The van der Waals surface area contributed by atoms with Crippen molar-refractivity contribution >= 4 is 43.6 Å².